The molecule has 3 aromatic heterocycles. The number of thiophene rings is 2. The van der Waals surface area contributed by atoms with Crippen molar-refractivity contribution in [2.75, 3.05) is 10.7 Å². The molecular formula is C14H17N5S2. The van der Waals surface area contributed by atoms with Gasteiger partial charge >= 0.3 is 0 Å². The predicted molar refractivity (Wildman–Crippen MR) is 91.1 cm³/mol. The maximum Gasteiger partial charge on any atom is 0.240 e. The Morgan fingerprint density at radius 1 is 1.14 bits per heavy atom. The smallest absolute Gasteiger partial charge is 0.240 e. The monoisotopic (exact) mass is 319 g/mol. The van der Waals surface area contributed by atoms with Crippen LogP contribution in [0.1, 0.15) is 27.6 Å². The number of fused-ring (bicyclic) bond motifs is 1. The van der Waals surface area contributed by atoms with Crippen LogP contribution in [0.4, 0.5) is 11.8 Å². The Kier molecular flexibility index (Phi) is 3.79. The third-order valence-corrected chi connectivity index (χ3v) is 5.31. The Hall–Kier alpha value is -1.70. The van der Waals surface area contributed by atoms with Crippen LogP contribution in [0.5, 0.6) is 0 Å². The highest BCUT2D eigenvalue weighted by molar-refractivity contribution is 7.18. The van der Waals surface area contributed by atoms with Crippen molar-refractivity contribution in [3.63, 3.8) is 0 Å². The number of nitrogens with zero attached hydrogens (tertiary/aromatic N) is 2. The van der Waals surface area contributed by atoms with Crippen molar-refractivity contribution in [2.45, 2.75) is 26.8 Å². The minimum Gasteiger partial charge on any atom is -0.362 e. The maximum atomic E-state index is 5.47. The summed E-state index contributed by atoms with van der Waals surface area (Å²) < 4.78 is 0. The largest absolute Gasteiger partial charge is 0.362 e. The number of aromatic nitrogens is 2. The quantitative estimate of drug-likeness (QED) is 0.503. The molecule has 1 atom stereocenters. The van der Waals surface area contributed by atoms with E-state index >= 15 is 0 Å². The van der Waals surface area contributed by atoms with Gasteiger partial charge in [-0.1, -0.05) is 0 Å². The Morgan fingerprint density at radius 2 is 1.95 bits per heavy atom. The van der Waals surface area contributed by atoms with Crippen molar-refractivity contribution in [1.29, 1.82) is 0 Å². The van der Waals surface area contributed by atoms with Gasteiger partial charge in [0.05, 0.1) is 11.4 Å². The predicted octanol–water partition coefficient (Wildman–Crippen LogP) is 3.83. The first-order chi connectivity index (χ1) is 10.1. The fourth-order valence-electron chi connectivity index (χ4n) is 2.18. The van der Waals surface area contributed by atoms with E-state index in [1.807, 2.05) is 0 Å². The normalized spacial score (nSPS) is 12.6. The Bertz CT molecular complexity index is 777. The lowest BCUT2D eigenvalue weighted by molar-refractivity contribution is 0.898. The summed E-state index contributed by atoms with van der Waals surface area (Å²) >= 11 is 3.43. The van der Waals surface area contributed by atoms with Crippen LogP contribution in [-0.4, -0.2) is 9.97 Å². The molecule has 1 unspecified atom stereocenters. The van der Waals surface area contributed by atoms with E-state index in [1.54, 1.807) is 22.7 Å². The molecule has 110 valence electrons. The van der Waals surface area contributed by atoms with E-state index in [1.165, 1.54) is 14.6 Å². The van der Waals surface area contributed by atoms with Gasteiger partial charge in [-0.15, -0.1) is 22.7 Å². The van der Waals surface area contributed by atoms with Gasteiger partial charge in [0, 0.05) is 14.6 Å². The van der Waals surface area contributed by atoms with Crippen molar-refractivity contribution in [1.82, 2.24) is 9.97 Å². The van der Waals surface area contributed by atoms with E-state index < -0.39 is 0 Å². The fraction of sp³-hybridized carbons (Fsp3) is 0.286. The molecule has 0 spiro atoms. The van der Waals surface area contributed by atoms with Crippen LogP contribution in [0, 0.1) is 13.8 Å². The van der Waals surface area contributed by atoms with Crippen LogP contribution in [0.15, 0.2) is 18.2 Å². The molecule has 0 saturated carbocycles. The van der Waals surface area contributed by atoms with Gasteiger partial charge in [0.2, 0.25) is 5.95 Å². The zero-order valence-electron chi connectivity index (χ0n) is 12.1. The van der Waals surface area contributed by atoms with Gasteiger partial charge in [0.15, 0.2) is 0 Å². The number of rotatable bonds is 4. The molecule has 0 aromatic carbocycles. The average molecular weight is 319 g/mol. The van der Waals surface area contributed by atoms with Crippen LogP contribution in [-0.2, 0) is 0 Å². The first kappa shape index (κ1) is 14.2. The third kappa shape index (κ3) is 2.85. The molecule has 0 bridgehead atoms. The number of hydrazine groups is 1. The van der Waals surface area contributed by atoms with E-state index in [2.05, 4.69) is 59.7 Å². The molecular weight excluding hydrogens is 302 g/mol. The molecule has 21 heavy (non-hydrogen) atoms. The number of aryl methyl sites for hydroxylation is 2. The summed E-state index contributed by atoms with van der Waals surface area (Å²) in [5, 5.41) is 4.51. The summed E-state index contributed by atoms with van der Waals surface area (Å²) in [6.07, 6.45) is 0. The minimum atomic E-state index is 0.188. The first-order valence-electron chi connectivity index (χ1n) is 6.64. The van der Waals surface area contributed by atoms with Gasteiger partial charge < -0.3 is 5.32 Å². The lowest BCUT2D eigenvalue weighted by Gasteiger charge is -2.14. The molecule has 3 aromatic rings. The van der Waals surface area contributed by atoms with E-state index in [-0.39, 0.29) is 6.04 Å². The highest BCUT2D eigenvalue weighted by atomic mass is 32.1. The van der Waals surface area contributed by atoms with E-state index in [9.17, 15) is 0 Å². The van der Waals surface area contributed by atoms with E-state index in [0.717, 1.165) is 16.0 Å². The first-order valence-corrected chi connectivity index (χ1v) is 8.28. The summed E-state index contributed by atoms with van der Waals surface area (Å²) in [5.41, 5.74) is 2.53. The van der Waals surface area contributed by atoms with Gasteiger partial charge in [-0.25, -0.2) is 10.8 Å². The summed E-state index contributed by atoms with van der Waals surface area (Å²) in [4.78, 5) is 13.6. The molecule has 4 N–H and O–H groups in total. The third-order valence-electron chi connectivity index (χ3n) is 3.19. The van der Waals surface area contributed by atoms with Gasteiger partial charge in [0.1, 0.15) is 10.6 Å². The summed E-state index contributed by atoms with van der Waals surface area (Å²) in [6.45, 7) is 6.31. The number of anilines is 2. The van der Waals surface area contributed by atoms with Crippen molar-refractivity contribution < 1.29 is 0 Å². The van der Waals surface area contributed by atoms with Gasteiger partial charge in [-0.3, -0.25) is 5.43 Å². The van der Waals surface area contributed by atoms with Crippen molar-refractivity contribution in [3.8, 4) is 0 Å². The Labute approximate surface area is 131 Å². The van der Waals surface area contributed by atoms with Crippen molar-refractivity contribution in [2.24, 2.45) is 5.84 Å². The number of nitrogens with two attached hydrogens (primary N) is 1. The van der Waals surface area contributed by atoms with E-state index in [0.29, 0.717) is 5.95 Å². The molecule has 0 aliphatic rings. The zero-order chi connectivity index (χ0) is 15.0. The second-order valence-corrected chi connectivity index (χ2v) is 7.48. The second kappa shape index (κ2) is 5.59. The second-order valence-electron chi connectivity index (χ2n) is 4.93. The Morgan fingerprint density at radius 3 is 2.62 bits per heavy atom. The van der Waals surface area contributed by atoms with E-state index in [4.69, 9.17) is 5.84 Å². The highest BCUT2D eigenvalue weighted by Crippen LogP contribution is 2.32. The van der Waals surface area contributed by atoms with Gasteiger partial charge in [-0.05, 0) is 39.0 Å². The molecule has 3 rings (SSSR count). The standard InChI is InChI=1S/C14H17N5S2/c1-7-4-5-11(20-7)9(3)16-12-10-6-8(2)21-13(10)18-14(17-12)19-15/h4-6,9H,15H2,1-3H3,(H2,16,17,18,19). The van der Waals surface area contributed by atoms with Crippen molar-refractivity contribution in [3.05, 3.63) is 32.8 Å². The van der Waals surface area contributed by atoms with Gasteiger partial charge in [-0.2, -0.15) is 4.98 Å². The number of nitrogen functional groups attached to an aromatic ring is 1. The number of nitrogens with one attached hydrogen (secondary N) is 2. The van der Waals surface area contributed by atoms with Gasteiger partial charge in [0.25, 0.3) is 0 Å². The number of hydrogen-bond acceptors (Lipinski definition) is 7. The van der Waals surface area contributed by atoms with Crippen LogP contribution in [0.2, 0.25) is 0 Å². The highest BCUT2D eigenvalue weighted by Gasteiger charge is 2.14. The van der Waals surface area contributed by atoms with Crippen LogP contribution in [0.25, 0.3) is 10.2 Å². The zero-order valence-corrected chi connectivity index (χ0v) is 13.7. The topological polar surface area (TPSA) is 75.9 Å². The fourth-order valence-corrected chi connectivity index (χ4v) is 3.94. The summed E-state index contributed by atoms with van der Waals surface area (Å²) in [7, 11) is 0. The molecule has 0 saturated heterocycles. The molecule has 5 nitrogen and oxygen atoms in total. The minimum absolute atomic E-state index is 0.188. The van der Waals surface area contributed by atoms with Crippen LogP contribution >= 0.6 is 22.7 Å². The molecule has 3 heterocycles. The molecule has 7 heteroatoms. The number of hydrogen-bond donors (Lipinski definition) is 3. The Balaban J connectivity index is 1.98. The SMILES string of the molecule is Cc1ccc(C(C)Nc2nc(NN)nc3sc(C)cc23)s1. The lowest BCUT2D eigenvalue weighted by Crippen LogP contribution is -2.13. The molecule has 0 aliphatic carbocycles. The lowest BCUT2D eigenvalue weighted by atomic mass is 10.2. The maximum absolute atomic E-state index is 5.47. The summed E-state index contributed by atoms with van der Waals surface area (Å²) in [5.74, 6) is 6.71. The van der Waals surface area contributed by atoms with Crippen LogP contribution in [0.3, 0.4) is 0 Å². The molecule has 0 fully saturated rings. The van der Waals surface area contributed by atoms with Crippen LogP contribution < -0.4 is 16.6 Å². The van der Waals surface area contributed by atoms with Crippen molar-refractivity contribution >= 4 is 44.7 Å². The molecule has 0 radical (unpaired) electrons. The average Bonchev–Trinajstić information content (AvgIpc) is 3.03. The summed E-state index contributed by atoms with van der Waals surface area (Å²) in [6, 6.07) is 6.58. The molecule has 0 amide bonds. The molecule has 0 aliphatic heterocycles.